The Morgan fingerprint density at radius 1 is 1.14 bits per heavy atom. The molecule has 1 aromatic rings. The summed E-state index contributed by atoms with van der Waals surface area (Å²) in [6, 6.07) is 2.70. The molecule has 2 aliphatic heterocycles. The predicted octanol–water partition coefficient (Wildman–Crippen LogP) is 2.48. The van der Waals surface area contributed by atoms with Crippen molar-refractivity contribution in [1.29, 1.82) is 0 Å². The van der Waals surface area contributed by atoms with Crippen LogP contribution in [0, 0.1) is 23.4 Å². The highest BCUT2D eigenvalue weighted by molar-refractivity contribution is 5.24. The summed E-state index contributed by atoms with van der Waals surface area (Å²) in [5, 5.41) is 0. The molecule has 0 aliphatic carbocycles. The zero-order valence-corrected chi connectivity index (χ0v) is 12.0. The summed E-state index contributed by atoms with van der Waals surface area (Å²) >= 11 is 0. The molecule has 1 aromatic carbocycles. The number of nitrogens with one attached hydrogen (secondary N) is 1. The number of hydrogen-bond donors (Lipinski definition) is 2. The van der Waals surface area contributed by atoms with Gasteiger partial charge in [0.1, 0.15) is 0 Å². The van der Waals surface area contributed by atoms with Gasteiger partial charge in [0.15, 0.2) is 17.5 Å². The van der Waals surface area contributed by atoms with Crippen molar-refractivity contribution in [3.05, 3.63) is 35.1 Å². The molecule has 0 aromatic heterocycles. The molecule has 3 N–H and O–H groups in total. The molecule has 0 amide bonds. The van der Waals surface area contributed by atoms with Gasteiger partial charge < -0.3 is 4.90 Å². The van der Waals surface area contributed by atoms with Crippen molar-refractivity contribution in [2.45, 2.75) is 43.8 Å². The maximum atomic E-state index is 14.0. The van der Waals surface area contributed by atoms with Gasteiger partial charge >= 0.3 is 0 Å². The largest absolute Gasteiger partial charge is 0.300 e. The van der Waals surface area contributed by atoms with Gasteiger partial charge in [-0.1, -0.05) is 6.07 Å². The first kappa shape index (κ1) is 14.8. The fraction of sp³-hybridized carbons (Fsp3) is 0.600. The average Bonchev–Trinajstić information content (AvgIpc) is 2.70. The van der Waals surface area contributed by atoms with Crippen LogP contribution in [-0.2, 0) is 0 Å². The van der Waals surface area contributed by atoms with Crippen LogP contribution in [0.15, 0.2) is 12.1 Å². The Labute approximate surface area is 122 Å². The van der Waals surface area contributed by atoms with Crippen LogP contribution in [0.3, 0.4) is 0 Å². The molecule has 0 saturated carbocycles. The van der Waals surface area contributed by atoms with Gasteiger partial charge in [-0.25, -0.2) is 13.2 Å². The van der Waals surface area contributed by atoms with Crippen LogP contribution in [0.5, 0.6) is 0 Å². The summed E-state index contributed by atoms with van der Waals surface area (Å²) in [4.78, 5) is 2.37. The quantitative estimate of drug-likeness (QED) is 0.512. The Morgan fingerprint density at radius 2 is 1.76 bits per heavy atom. The lowest BCUT2D eigenvalue weighted by molar-refractivity contribution is 0.111. The van der Waals surface area contributed by atoms with Gasteiger partial charge in [0.05, 0.1) is 6.04 Å². The Bertz CT molecular complexity index is 523. The van der Waals surface area contributed by atoms with Gasteiger partial charge in [-0.3, -0.25) is 11.3 Å². The van der Waals surface area contributed by atoms with Crippen LogP contribution in [0.1, 0.15) is 37.3 Å². The summed E-state index contributed by atoms with van der Waals surface area (Å²) in [5.74, 6) is 1.99. The fourth-order valence-electron chi connectivity index (χ4n) is 3.99. The molecule has 2 fully saturated rings. The zero-order chi connectivity index (χ0) is 15.1. The predicted molar refractivity (Wildman–Crippen MR) is 73.7 cm³/mol. The van der Waals surface area contributed by atoms with Crippen LogP contribution in [-0.4, -0.2) is 24.0 Å². The lowest BCUT2D eigenvalue weighted by Gasteiger charge is -2.39. The van der Waals surface area contributed by atoms with E-state index in [1.54, 1.807) is 0 Å². The number of hydrazine groups is 1. The molecule has 0 radical (unpaired) electrons. The molecule has 116 valence electrons. The Balaban J connectivity index is 1.88. The van der Waals surface area contributed by atoms with Crippen LogP contribution >= 0.6 is 0 Å². The second-order valence-corrected chi connectivity index (χ2v) is 6.19. The van der Waals surface area contributed by atoms with Crippen molar-refractivity contribution in [3.63, 3.8) is 0 Å². The molecule has 3 unspecified atom stereocenters. The number of fused-ring (bicyclic) bond motifs is 2. The zero-order valence-electron chi connectivity index (χ0n) is 12.0. The van der Waals surface area contributed by atoms with E-state index in [0.29, 0.717) is 12.1 Å². The normalized spacial score (nSPS) is 30.6. The molecule has 2 saturated heterocycles. The SMILES string of the molecule is CN1C2CCC1CC(C(NN)c1ccc(F)c(F)c1F)C2. The summed E-state index contributed by atoms with van der Waals surface area (Å²) in [7, 11) is 2.11. The molecule has 2 heterocycles. The molecule has 3 atom stereocenters. The number of piperidine rings is 1. The van der Waals surface area contributed by atoms with Gasteiger partial charge in [-0.05, 0) is 44.7 Å². The summed E-state index contributed by atoms with van der Waals surface area (Å²) in [6.45, 7) is 0. The Hall–Kier alpha value is -1.11. The van der Waals surface area contributed by atoms with E-state index in [9.17, 15) is 13.2 Å². The minimum absolute atomic E-state index is 0.116. The molecule has 0 spiro atoms. The highest BCUT2D eigenvalue weighted by Gasteiger charge is 2.41. The highest BCUT2D eigenvalue weighted by Crippen LogP contribution is 2.42. The Kier molecular flexibility index (Phi) is 3.94. The Morgan fingerprint density at radius 3 is 2.33 bits per heavy atom. The number of benzene rings is 1. The van der Waals surface area contributed by atoms with Gasteiger partial charge in [0, 0.05) is 17.6 Å². The maximum absolute atomic E-state index is 14.0. The molecular formula is C15H20F3N3. The van der Waals surface area contributed by atoms with Crippen LogP contribution in [0.25, 0.3) is 0 Å². The minimum Gasteiger partial charge on any atom is -0.300 e. The fourth-order valence-corrected chi connectivity index (χ4v) is 3.99. The van der Waals surface area contributed by atoms with Crippen LogP contribution in [0.2, 0.25) is 0 Å². The van der Waals surface area contributed by atoms with E-state index in [1.807, 2.05) is 0 Å². The second kappa shape index (κ2) is 5.59. The highest BCUT2D eigenvalue weighted by atomic mass is 19.2. The molecule has 21 heavy (non-hydrogen) atoms. The minimum atomic E-state index is -1.43. The van der Waals surface area contributed by atoms with Crippen molar-refractivity contribution in [3.8, 4) is 0 Å². The van der Waals surface area contributed by atoms with Crippen molar-refractivity contribution >= 4 is 0 Å². The van der Waals surface area contributed by atoms with Crippen LogP contribution < -0.4 is 11.3 Å². The van der Waals surface area contributed by atoms with Crippen molar-refractivity contribution < 1.29 is 13.2 Å². The third kappa shape index (κ3) is 2.45. The van der Waals surface area contributed by atoms with Gasteiger partial charge in [-0.15, -0.1) is 0 Å². The van der Waals surface area contributed by atoms with Crippen LogP contribution in [0.4, 0.5) is 13.2 Å². The van der Waals surface area contributed by atoms with E-state index in [4.69, 9.17) is 5.84 Å². The van der Waals surface area contributed by atoms with Crippen molar-refractivity contribution in [2.24, 2.45) is 11.8 Å². The summed E-state index contributed by atoms with van der Waals surface area (Å²) in [5.41, 5.74) is 2.73. The topological polar surface area (TPSA) is 41.3 Å². The smallest absolute Gasteiger partial charge is 0.194 e. The lowest BCUT2D eigenvalue weighted by Crippen LogP contribution is -2.45. The third-order valence-electron chi connectivity index (χ3n) is 5.19. The van der Waals surface area contributed by atoms with E-state index >= 15 is 0 Å². The third-order valence-corrected chi connectivity index (χ3v) is 5.19. The maximum Gasteiger partial charge on any atom is 0.194 e. The average molecular weight is 299 g/mol. The summed E-state index contributed by atoms with van der Waals surface area (Å²) in [6.07, 6.45) is 4.05. The van der Waals surface area contributed by atoms with E-state index < -0.39 is 23.5 Å². The number of nitrogens with two attached hydrogens (primary N) is 1. The number of nitrogens with zero attached hydrogens (tertiary/aromatic N) is 1. The van der Waals surface area contributed by atoms with Gasteiger partial charge in [0.2, 0.25) is 0 Å². The second-order valence-electron chi connectivity index (χ2n) is 6.19. The molecule has 6 heteroatoms. The lowest BCUT2D eigenvalue weighted by atomic mass is 9.82. The summed E-state index contributed by atoms with van der Waals surface area (Å²) < 4.78 is 40.6. The first-order valence-corrected chi connectivity index (χ1v) is 7.34. The van der Waals surface area contributed by atoms with E-state index in [1.165, 1.54) is 6.07 Å². The first-order chi connectivity index (χ1) is 10.0. The number of rotatable bonds is 3. The number of hydrogen-bond acceptors (Lipinski definition) is 3. The molecule has 3 nitrogen and oxygen atoms in total. The standard InChI is InChI=1S/C15H20F3N3/c1-21-9-2-3-10(21)7-8(6-9)15(20-19)11-4-5-12(16)14(18)13(11)17/h4-5,8-10,15,20H,2-3,6-7,19H2,1H3. The first-order valence-electron chi connectivity index (χ1n) is 7.34. The molecule has 2 aliphatic rings. The van der Waals surface area contributed by atoms with Crippen molar-refractivity contribution in [2.75, 3.05) is 7.05 Å². The van der Waals surface area contributed by atoms with Gasteiger partial charge in [0.25, 0.3) is 0 Å². The molecule has 3 rings (SSSR count). The van der Waals surface area contributed by atoms with E-state index in [2.05, 4.69) is 17.4 Å². The molecular weight excluding hydrogens is 279 g/mol. The monoisotopic (exact) mass is 299 g/mol. The van der Waals surface area contributed by atoms with E-state index in [-0.39, 0.29) is 11.5 Å². The van der Waals surface area contributed by atoms with Gasteiger partial charge in [-0.2, -0.15) is 0 Å². The molecule has 2 bridgehead atoms. The van der Waals surface area contributed by atoms with E-state index in [0.717, 1.165) is 31.7 Å². The van der Waals surface area contributed by atoms with Crippen molar-refractivity contribution in [1.82, 2.24) is 10.3 Å². The number of halogens is 3.